The molecule has 0 saturated heterocycles. The molecule has 1 N–H and O–H groups in total. The summed E-state index contributed by atoms with van der Waals surface area (Å²) in [7, 11) is 1.73. The molecule has 1 heterocycles. The van der Waals surface area contributed by atoms with Gasteiger partial charge in [-0.05, 0) is 73.8 Å². The van der Waals surface area contributed by atoms with Crippen molar-refractivity contribution in [3.8, 4) is 6.07 Å². The summed E-state index contributed by atoms with van der Waals surface area (Å²) in [6, 6.07) is 17.4. The number of hydrogen-bond acceptors (Lipinski definition) is 5. The van der Waals surface area contributed by atoms with Gasteiger partial charge in [0.1, 0.15) is 29.4 Å². The average molecular weight is 516 g/mol. The highest BCUT2D eigenvalue weighted by molar-refractivity contribution is 7.80. The van der Waals surface area contributed by atoms with E-state index in [9.17, 15) is 14.9 Å². The number of anilines is 2. The van der Waals surface area contributed by atoms with Crippen LogP contribution in [0.1, 0.15) is 46.4 Å². The predicted octanol–water partition coefficient (Wildman–Crippen LogP) is 4.68. The van der Waals surface area contributed by atoms with E-state index >= 15 is 4.39 Å². The molecule has 1 aliphatic carbocycles. The maximum atomic E-state index is 15.3. The molecule has 0 atom stereocenters. The Labute approximate surface area is 220 Å². The van der Waals surface area contributed by atoms with Gasteiger partial charge in [-0.1, -0.05) is 30.3 Å². The zero-order chi connectivity index (χ0) is 26.6. The average Bonchev–Trinajstić information content (AvgIpc) is 2.89. The minimum atomic E-state index is -0.913. The van der Waals surface area contributed by atoms with Crippen molar-refractivity contribution in [2.45, 2.75) is 38.3 Å². The maximum Gasteiger partial charge on any atom is 0.254 e. The third-order valence-electron chi connectivity index (χ3n) is 6.67. The van der Waals surface area contributed by atoms with Gasteiger partial charge in [-0.15, -0.1) is 0 Å². The lowest BCUT2D eigenvalue weighted by atomic mass is 9.76. The van der Waals surface area contributed by atoms with Crippen molar-refractivity contribution in [2.75, 3.05) is 16.8 Å². The quantitative estimate of drug-likeness (QED) is 0.361. The number of amides is 1. The summed E-state index contributed by atoms with van der Waals surface area (Å²) in [4.78, 5) is 32.5. The number of hydrogen-bond donors (Lipinski definition) is 1. The molecule has 0 unspecified atom stereocenters. The molecule has 7 nitrogen and oxygen atoms in total. The van der Waals surface area contributed by atoms with E-state index in [1.807, 2.05) is 36.4 Å². The Hall–Kier alpha value is -4.16. The normalized spacial score (nSPS) is 13.6. The zero-order valence-corrected chi connectivity index (χ0v) is 21.4. The van der Waals surface area contributed by atoms with Crippen molar-refractivity contribution < 1.29 is 14.0 Å². The van der Waals surface area contributed by atoms with Crippen LogP contribution in [0.15, 0.2) is 60.8 Å². The number of thiocarbonyl (C=S) groups is 1. The molecule has 0 radical (unpaired) electrons. The van der Waals surface area contributed by atoms with Gasteiger partial charge in [0.25, 0.3) is 5.91 Å². The molecule has 0 bridgehead atoms. The Bertz CT molecular complexity index is 1390. The number of pyridine rings is 1. The van der Waals surface area contributed by atoms with Crippen LogP contribution >= 0.6 is 12.2 Å². The van der Waals surface area contributed by atoms with Crippen molar-refractivity contribution in [3.63, 3.8) is 0 Å². The Kier molecular flexibility index (Phi) is 7.60. The molecule has 0 aliphatic heterocycles. The third-order valence-corrected chi connectivity index (χ3v) is 7.13. The summed E-state index contributed by atoms with van der Waals surface area (Å²) >= 11 is 5.80. The minimum Gasteiger partial charge on any atom is -0.348 e. The van der Waals surface area contributed by atoms with Crippen LogP contribution in [0.25, 0.3) is 0 Å². The molecule has 1 aromatic heterocycles. The summed E-state index contributed by atoms with van der Waals surface area (Å²) in [5, 5.41) is 12.2. The fourth-order valence-electron chi connectivity index (χ4n) is 4.31. The number of nitrogens with zero attached hydrogens (tertiary/aromatic N) is 4. The third kappa shape index (κ3) is 5.20. The van der Waals surface area contributed by atoms with Gasteiger partial charge in [0.2, 0.25) is 0 Å². The Morgan fingerprint density at radius 1 is 1.22 bits per heavy atom. The molecule has 1 saturated carbocycles. The van der Waals surface area contributed by atoms with Gasteiger partial charge in [-0.2, -0.15) is 5.26 Å². The van der Waals surface area contributed by atoms with Crippen LogP contribution in [-0.4, -0.2) is 34.9 Å². The van der Waals surface area contributed by atoms with Crippen LogP contribution in [0, 0.1) is 24.1 Å². The first-order chi connectivity index (χ1) is 17.8. The SMILES string of the molecule is Cc1cc(N(C)C(=S)N(c2ccc(C(=O)NCc3ccccc3)c(F)c2)C2(C=O)CCC2)cnc1C#N. The fourth-order valence-corrected chi connectivity index (χ4v) is 4.71. The second kappa shape index (κ2) is 10.8. The lowest BCUT2D eigenvalue weighted by Crippen LogP contribution is -2.60. The number of aldehydes is 1. The van der Waals surface area contributed by atoms with Gasteiger partial charge in [0, 0.05) is 19.3 Å². The second-order valence-electron chi connectivity index (χ2n) is 9.06. The van der Waals surface area contributed by atoms with E-state index in [0.29, 0.717) is 35.5 Å². The number of benzene rings is 2. The molecular formula is C28H26FN5O2S. The number of carbonyl (C=O) groups is 2. The summed E-state index contributed by atoms with van der Waals surface area (Å²) in [6.45, 7) is 2.05. The highest BCUT2D eigenvalue weighted by Crippen LogP contribution is 2.40. The van der Waals surface area contributed by atoms with Crippen molar-refractivity contribution >= 4 is 40.9 Å². The van der Waals surface area contributed by atoms with Crippen LogP contribution in [0.2, 0.25) is 0 Å². The maximum absolute atomic E-state index is 15.3. The molecule has 0 spiro atoms. The van der Waals surface area contributed by atoms with Gasteiger partial charge in [-0.3, -0.25) is 4.79 Å². The molecule has 2 aromatic carbocycles. The molecule has 1 amide bonds. The Morgan fingerprint density at radius 2 is 1.95 bits per heavy atom. The first-order valence-electron chi connectivity index (χ1n) is 11.8. The lowest BCUT2D eigenvalue weighted by Gasteiger charge is -2.48. The topological polar surface area (TPSA) is 89.3 Å². The van der Waals surface area contributed by atoms with Gasteiger partial charge in [-0.25, -0.2) is 9.37 Å². The predicted molar refractivity (Wildman–Crippen MR) is 144 cm³/mol. The highest BCUT2D eigenvalue weighted by Gasteiger charge is 2.45. The van der Waals surface area contributed by atoms with Crippen LogP contribution < -0.4 is 15.1 Å². The van der Waals surface area contributed by atoms with Crippen molar-refractivity contribution in [1.82, 2.24) is 10.3 Å². The molecule has 1 fully saturated rings. The van der Waals surface area contributed by atoms with Gasteiger partial charge in [0.15, 0.2) is 5.11 Å². The molecule has 4 rings (SSSR count). The highest BCUT2D eigenvalue weighted by atomic mass is 32.1. The monoisotopic (exact) mass is 515 g/mol. The van der Waals surface area contributed by atoms with Gasteiger partial charge in [0.05, 0.1) is 17.4 Å². The van der Waals surface area contributed by atoms with Crippen LogP contribution in [-0.2, 0) is 11.3 Å². The lowest BCUT2D eigenvalue weighted by molar-refractivity contribution is -0.114. The summed E-state index contributed by atoms with van der Waals surface area (Å²) in [5.74, 6) is -1.25. The number of aromatic nitrogens is 1. The standard InChI is InChI=1S/C28H26FN5O2S/c1-19-13-22(17-31-25(19)15-30)33(2)27(37)34(28(18-35)11-6-12-28)21-9-10-23(24(29)14-21)26(36)32-16-20-7-4-3-5-8-20/h3-5,7-10,13-14,17-18H,6,11-12,16H2,1-2H3,(H,32,36). The van der Waals surface area contributed by atoms with E-state index < -0.39 is 17.3 Å². The largest absolute Gasteiger partial charge is 0.348 e. The van der Waals surface area contributed by atoms with E-state index in [0.717, 1.165) is 18.3 Å². The van der Waals surface area contributed by atoms with Crippen LogP contribution in [0.4, 0.5) is 15.8 Å². The first-order valence-corrected chi connectivity index (χ1v) is 12.2. The number of rotatable bonds is 7. The first kappa shape index (κ1) is 25.9. The number of aryl methyl sites for hydroxylation is 1. The molecule has 9 heteroatoms. The molecule has 3 aromatic rings. The van der Waals surface area contributed by atoms with Crippen molar-refractivity contribution in [1.29, 1.82) is 5.26 Å². The molecular weight excluding hydrogens is 489 g/mol. The summed E-state index contributed by atoms with van der Waals surface area (Å²) in [6.07, 6.45) is 4.36. The number of nitrogens with one attached hydrogen (secondary N) is 1. The van der Waals surface area contributed by atoms with E-state index in [1.165, 1.54) is 18.3 Å². The zero-order valence-electron chi connectivity index (χ0n) is 20.6. The Morgan fingerprint density at radius 3 is 2.51 bits per heavy atom. The fraction of sp³-hybridized carbons (Fsp3) is 0.250. The van der Waals surface area contributed by atoms with Gasteiger partial charge >= 0.3 is 0 Å². The molecule has 188 valence electrons. The number of nitriles is 1. The van der Waals surface area contributed by atoms with E-state index in [-0.39, 0.29) is 17.2 Å². The van der Waals surface area contributed by atoms with Crippen LogP contribution in [0.5, 0.6) is 0 Å². The van der Waals surface area contributed by atoms with Gasteiger partial charge < -0.3 is 19.9 Å². The number of carbonyl (C=O) groups excluding carboxylic acids is 2. The Balaban J connectivity index is 1.62. The minimum absolute atomic E-state index is 0.0976. The second-order valence-corrected chi connectivity index (χ2v) is 9.42. The smallest absolute Gasteiger partial charge is 0.254 e. The van der Waals surface area contributed by atoms with E-state index in [1.54, 1.807) is 35.9 Å². The summed E-state index contributed by atoms with van der Waals surface area (Å²) in [5.41, 5.74) is 1.89. The van der Waals surface area contributed by atoms with Crippen molar-refractivity contribution in [2.24, 2.45) is 0 Å². The van der Waals surface area contributed by atoms with Crippen molar-refractivity contribution in [3.05, 3.63) is 89.0 Å². The molecule has 37 heavy (non-hydrogen) atoms. The van der Waals surface area contributed by atoms with E-state index in [4.69, 9.17) is 12.2 Å². The van der Waals surface area contributed by atoms with E-state index in [2.05, 4.69) is 10.3 Å². The van der Waals surface area contributed by atoms with Crippen LogP contribution in [0.3, 0.4) is 0 Å². The number of halogens is 1. The molecule has 1 aliphatic rings. The summed E-state index contributed by atoms with van der Waals surface area (Å²) < 4.78 is 15.3.